The first-order valence-electron chi connectivity index (χ1n) is 5.86. The SMILES string of the molecule is CCN[C@@H](Cc1ccc(O)c(C(=O)OC)c1)C(=O)O. The molecule has 0 saturated heterocycles. The zero-order chi connectivity index (χ0) is 14.4. The molecule has 1 aromatic carbocycles. The fourth-order valence-corrected chi connectivity index (χ4v) is 1.71. The van der Waals surface area contributed by atoms with Gasteiger partial charge in [0, 0.05) is 0 Å². The molecule has 0 radical (unpaired) electrons. The minimum atomic E-state index is -0.963. The Morgan fingerprint density at radius 1 is 1.42 bits per heavy atom. The van der Waals surface area contributed by atoms with Crippen LogP contribution in [0.25, 0.3) is 0 Å². The summed E-state index contributed by atoms with van der Waals surface area (Å²) in [5.74, 6) is -1.81. The van der Waals surface area contributed by atoms with E-state index in [2.05, 4.69) is 10.1 Å². The molecule has 6 nitrogen and oxygen atoms in total. The van der Waals surface area contributed by atoms with Gasteiger partial charge in [-0.15, -0.1) is 0 Å². The molecule has 1 aromatic rings. The van der Waals surface area contributed by atoms with E-state index in [1.807, 2.05) is 6.92 Å². The number of carbonyl (C=O) groups excluding carboxylic acids is 1. The molecule has 0 spiro atoms. The number of methoxy groups -OCH3 is 1. The summed E-state index contributed by atoms with van der Waals surface area (Å²) in [7, 11) is 1.22. The van der Waals surface area contributed by atoms with E-state index in [4.69, 9.17) is 5.11 Å². The highest BCUT2D eigenvalue weighted by Gasteiger charge is 2.18. The monoisotopic (exact) mass is 267 g/mol. The van der Waals surface area contributed by atoms with Crippen LogP contribution in [0.2, 0.25) is 0 Å². The summed E-state index contributed by atoms with van der Waals surface area (Å²) in [5.41, 5.74) is 0.659. The lowest BCUT2D eigenvalue weighted by atomic mass is 10.0. The maximum Gasteiger partial charge on any atom is 0.341 e. The van der Waals surface area contributed by atoms with Gasteiger partial charge in [-0.2, -0.15) is 0 Å². The summed E-state index contributed by atoms with van der Waals surface area (Å²) in [6.07, 6.45) is 0.216. The van der Waals surface area contributed by atoms with Crippen molar-refractivity contribution in [2.75, 3.05) is 13.7 Å². The van der Waals surface area contributed by atoms with Crippen molar-refractivity contribution in [1.29, 1.82) is 0 Å². The van der Waals surface area contributed by atoms with Gasteiger partial charge in [0.2, 0.25) is 0 Å². The standard InChI is InChI=1S/C13H17NO5/c1-3-14-10(12(16)17)7-8-4-5-11(15)9(6-8)13(18)19-2/h4-6,10,14-15H,3,7H2,1-2H3,(H,16,17)/t10-/m0/s1. The number of phenolic OH excluding ortho intramolecular Hbond substituents is 1. The maximum atomic E-state index is 11.4. The molecule has 104 valence electrons. The molecule has 1 atom stereocenters. The van der Waals surface area contributed by atoms with Gasteiger partial charge in [-0.25, -0.2) is 4.79 Å². The molecule has 1 rings (SSSR count). The van der Waals surface area contributed by atoms with Crippen LogP contribution in [0.3, 0.4) is 0 Å². The number of carboxylic acids is 1. The predicted molar refractivity (Wildman–Crippen MR) is 68.3 cm³/mol. The molecule has 0 fully saturated rings. The van der Waals surface area contributed by atoms with Gasteiger partial charge in [-0.1, -0.05) is 13.0 Å². The lowest BCUT2D eigenvalue weighted by molar-refractivity contribution is -0.139. The van der Waals surface area contributed by atoms with Crippen LogP contribution >= 0.6 is 0 Å². The summed E-state index contributed by atoms with van der Waals surface area (Å²) in [6.45, 7) is 2.34. The van der Waals surface area contributed by atoms with Gasteiger partial charge in [-0.05, 0) is 30.7 Å². The van der Waals surface area contributed by atoms with Crippen molar-refractivity contribution in [3.8, 4) is 5.75 Å². The Morgan fingerprint density at radius 2 is 2.11 bits per heavy atom. The molecule has 0 aliphatic carbocycles. The minimum Gasteiger partial charge on any atom is -0.507 e. The van der Waals surface area contributed by atoms with E-state index in [-0.39, 0.29) is 17.7 Å². The van der Waals surface area contributed by atoms with Gasteiger partial charge in [0.05, 0.1) is 7.11 Å². The molecule has 0 heterocycles. The molecule has 0 amide bonds. The number of carbonyl (C=O) groups is 2. The van der Waals surface area contributed by atoms with Crippen LogP contribution in [-0.2, 0) is 16.0 Å². The average Bonchev–Trinajstić information content (AvgIpc) is 2.39. The number of phenols is 1. The van der Waals surface area contributed by atoms with E-state index in [9.17, 15) is 14.7 Å². The Morgan fingerprint density at radius 3 is 2.63 bits per heavy atom. The molecule has 0 aromatic heterocycles. The molecule has 0 unspecified atom stereocenters. The van der Waals surface area contributed by atoms with Crippen molar-refractivity contribution in [2.24, 2.45) is 0 Å². The van der Waals surface area contributed by atoms with Gasteiger partial charge in [0.15, 0.2) is 0 Å². The van der Waals surface area contributed by atoms with E-state index in [1.54, 1.807) is 6.07 Å². The van der Waals surface area contributed by atoms with E-state index in [0.717, 1.165) is 0 Å². The smallest absolute Gasteiger partial charge is 0.341 e. The van der Waals surface area contributed by atoms with Crippen molar-refractivity contribution < 1.29 is 24.5 Å². The predicted octanol–water partition coefficient (Wildman–Crippen LogP) is 0.784. The lowest BCUT2D eigenvalue weighted by Gasteiger charge is -2.13. The first kappa shape index (κ1) is 15.0. The van der Waals surface area contributed by atoms with Crippen molar-refractivity contribution in [3.63, 3.8) is 0 Å². The van der Waals surface area contributed by atoms with Gasteiger partial charge >= 0.3 is 11.9 Å². The third-order valence-electron chi connectivity index (χ3n) is 2.65. The summed E-state index contributed by atoms with van der Waals surface area (Å²) in [6, 6.07) is 3.63. The van der Waals surface area contributed by atoms with Crippen LogP contribution in [0.5, 0.6) is 5.75 Å². The number of likely N-dealkylation sites (N-methyl/N-ethyl adjacent to an activating group) is 1. The number of aliphatic carboxylic acids is 1. The molecule has 6 heteroatoms. The molecule has 0 aliphatic rings. The zero-order valence-electron chi connectivity index (χ0n) is 10.8. The Labute approximate surface area is 111 Å². The minimum absolute atomic E-state index is 0.0284. The second-order valence-corrected chi connectivity index (χ2v) is 4.00. The topological polar surface area (TPSA) is 95.9 Å². The number of rotatable bonds is 6. The van der Waals surface area contributed by atoms with Crippen LogP contribution in [0, 0.1) is 0 Å². The summed E-state index contributed by atoms with van der Waals surface area (Å²) >= 11 is 0. The van der Waals surface area contributed by atoms with Crippen molar-refractivity contribution in [3.05, 3.63) is 29.3 Å². The zero-order valence-corrected chi connectivity index (χ0v) is 10.8. The van der Waals surface area contributed by atoms with Crippen LogP contribution < -0.4 is 5.32 Å². The molecular formula is C13H17NO5. The molecule has 19 heavy (non-hydrogen) atoms. The van der Waals surface area contributed by atoms with Gasteiger partial charge < -0.3 is 20.3 Å². The summed E-state index contributed by atoms with van der Waals surface area (Å²) in [4.78, 5) is 22.4. The number of aromatic hydroxyl groups is 1. The molecule has 3 N–H and O–H groups in total. The fourth-order valence-electron chi connectivity index (χ4n) is 1.71. The first-order valence-corrected chi connectivity index (χ1v) is 5.86. The normalized spacial score (nSPS) is 11.9. The quantitative estimate of drug-likeness (QED) is 0.659. The first-order chi connectivity index (χ1) is 8.99. The van der Waals surface area contributed by atoms with E-state index in [0.29, 0.717) is 12.1 Å². The number of ether oxygens (including phenoxy) is 1. The number of hydrogen-bond donors (Lipinski definition) is 3. The Hall–Kier alpha value is -2.08. The van der Waals surface area contributed by atoms with E-state index < -0.39 is 18.0 Å². The van der Waals surface area contributed by atoms with Crippen molar-refractivity contribution in [1.82, 2.24) is 5.32 Å². The van der Waals surface area contributed by atoms with E-state index >= 15 is 0 Å². The molecule has 0 aliphatic heterocycles. The molecule has 0 saturated carbocycles. The summed E-state index contributed by atoms with van der Waals surface area (Å²) < 4.78 is 4.54. The number of benzene rings is 1. The number of hydrogen-bond acceptors (Lipinski definition) is 5. The highest BCUT2D eigenvalue weighted by Crippen LogP contribution is 2.20. The van der Waals surface area contributed by atoms with Crippen LogP contribution in [-0.4, -0.2) is 41.8 Å². The Balaban J connectivity index is 2.95. The second kappa shape index (κ2) is 6.75. The second-order valence-electron chi connectivity index (χ2n) is 4.00. The van der Waals surface area contributed by atoms with Gasteiger partial charge in [0.25, 0.3) is 0 Å². The van der Waals surface area contributed by atoms with Crippen LogP contribution in [0.15, 0.2) is 18.2 Å². The van der Waals surface area contributed by atoms with Gasteiger partial charge in [0.1, 0.15) is 17.4 Å². The third-order valence-corrected chi connectivity index (χ3v) is 2.65. The summed E-state index contributed by atoms with van der Waals surface area (Å²) in [5, 5.41) is 21.4. The van der Waals surface area contributed by atoms with Crippen molar-refractivity contribution in [2.45, 2.75) is 19.4 Å². The van der Waals surface area contributed by atoms with Crippen LogP contribution in [0.1, 0.15) is 22.8 Å². The Kier molecular flexibility index (Phi) is 5.32. The Bertz CT molecular complexity index is 472. The third kappa shape index (κ3) is 3.96. The highest BCUT2D eigenvalue weighted by molar-refractivity contribution is 5.92. The molecule has 0 bridgehead atoms. The van der Waals surface area contributed by atoms with E-state index in [1.165, 1.54) is 19.2 Å². The van der Waals surface area contributed by atoms with Crippen molar-refractivity contribution >= 4 is 11.9 Å². The van der Waals surface area contributed by atoms with Crippen LogP contribution in [0.4, 0.5) is 0 Å². The van der Waals surface area contributed by atoms with Gasteiger partial charge in [-0.3, -0.25) is 4.79 Å². The number of carboxylic acid groups (broad SMARTS) is 1. The number of esters is 1. The fraction of sp³-hybridized carbons (Fsp3) is 0.385. The molecular weight excluding hydrogens is 250 g/mol. The number of nitrogens with one attached hydrogen (secondary N) is 1. The average molecular weight is 267 g/mol. The largest absolute Gasteiger partial charge is 0.507 e. The highest BCUT2D eigenvalue weighted by atomic mass is 16.5. The maximum absolute atomic E-state index is 11.4. The lowest BCUT2D eigenvalue weighted by Crippen LogP contribution is -2.38.